The molecule has 138 valence electrons. The number of carbonyl (C=O) groups is 2. The molecule has 0 spiro atoms. The number of amides is 2. The number of thioether (sulfide) groups is 1. The third kappa shape index (κ3) is 6.23. The van der Waals surface area contributed by atoms with Crippen molar-refractivity contribution in [3.8, 4) is 0 Å². The number of likely N-dealkylation sites (tertiary alicyclic amines) is 1. The van der Waals surface area contributed by atoms with Gasteiger partial charge < -0.3 is 15.0 Å². The van der Waals surface area contributed by atoms with Gasteiger partial charge in [-0.25, -0.2) is 9.18 Å². The van der Waals surface area contributed by atoms with Gasteiger partial charge in [0.2, 0.25) is 0 Å². The average molecular weight is 368 g/mol. The van der Waals surface area contributed by atoms with Crippen molar-refractivity contribution in [1.29, 1.82) is 0 Å². The Morgan fingerprint density at radius 2 is 2.04 bits per heavy atom. The second-order valence-electron chi connectivity index (χ2n) is 5.89. The number of ether oxygens (including phenoxy) is 1. The zero-order valence-electron chi connectivity index (χ0n) is 14.5. The molecule has 2 rings (SSSR count). The van der Waals surface area contributed by atoms with E-state index in [9.17, 15) is 14.0 Å². The SMILES string of the molecule is CCOC(=O)C1CCN(C(=O)NCCSCc2ccccc2F)CC1. The number of urea groups is 1. The summed E-state index contributed by atoms with van der Waals surface area (Å²) in [6.45, 7) is 3.86. The van der Waals surface area contributed by atoms with Crippen molar-refractivity contribution in [2.45, 2.75) is 25.5 Å². The summed E-state index contributed by atoms with van der Waals surface area (Å²) in [6, 6.07) is 6.62. The summed E-state index contributed by atoms with van der Waals surface area (Å²) >= 11 is 1.58. The fourth-order valence-electron chi connectivity index (χ4n) is 2.72. The summed E-state index contributed by atoms with van der Waals surface area (Å²) in [5.74, 6) is 0.864. The lowest BCUT2D eigenvalue weighted by Crippen LogP contribution is -2.46. The smallest absolute Gasteiger partial charge is 0.317 e. The van der Waals surface area contributed by atoms with E-state index in [1.807, 2.05) is 6.07 Å². The van der Waals surface area contributed by atoms with E-state index in [-0.39, 0.29) is 23.7 Å². The fraction of sp³-hybridized carbons (Fsp3) is 0.556. The first-order valence-electron chi connectivity index (χ1n) is 8.62. The fourth-order valence-corrected chi connectivity index (χ4v) is 3.56. The van der Waals surface area contributed by atoms with Crippen molar-refractivity contribution >= 4 is 23.8 Å². The topological polar surface area (TPSA) is 58.6 Å². The van der Waals surface area contributed by atoms with E-state index >= 15 is 0 Å². The van der Waals surface area contributed by atoms with Crippen LogP contribution in [0.3, 0.4) is 0 Å². The number of halogens is 1. The van der Waals surface area contributed by atoms with Gasteiger partial charge >= 0.3 is 12.0 Å². The van der Waals surface area contributed by atoms with E-state index in [2.05, 4.69) is 5.32 Å². The van der Waals surface area contributed by atoms with Gasteiger partial charge in [0, 0.05) is 31.1 Å². The number of esters is 1. The number of nitrogens with zero attached hydrogens (tertiary/aromatic N) is 1. The molecule has 0 aliphatic carbocycles. The minimum atomic E-state index is -0.191. The largest absolute Gasteiger partial charge is 0.466 e. The van der Waals surface area contributed by atoms with Gasteiger partial charge in [-0.15, -0.1) is 0 Å². The van der Waals surface area contributed by atoms with Crippen molar-refractivity contribution in [3.05, 3.63) is 35.6 Å². The zero-order valence-corrected chi connectivity index (χ0v) is 15.3. The molecule has 25 heavy (non-hydrogen) atoms. The molecule has 0 atom stereocenters. The lowest BCUT2D eigenvalue weighted by Gasteiger charge is -2.30. The van der Waals surface area contributed by atoms with Crippen LogP contribution in [0.15, 0.2) is 24.3 Å². The van der Waals surface area contributed by atoms with E-state index in [1.165, 1.54) is 6.07 Å². The quantitative estimate of drug-likeness (QED) is 0.594. The molecule has 0 bridgehead atoms. The molecule has 1 heterocycles. The van der Waals surface area contributed by atoms with Crippen LogP contribution in [0.1, 0.15) is 25.3 Å². The summed E-state index contributed by atoms with van der Waals surface area (Å²) in [5, 5.41) is 2.88. The maximum Gasteiger partial charge on any atom is 0.317 e. The maximum atomic E-state index is 13.5. The third-order valence-electron chi connectivity index (χ3n) is 4.14. The molecule has 1 aromatic carbocycles. The molecular formula is C18H25FN2O3S. The normalized spacial score (nSPS) is 15.0. The summed E-state index contributed by atoms with van der Waals surface area (Å²) in [6.07, 6.45) is 1.29. The molecule has 1 aliphatic rings. The van der Waals surface area contributed by atoms with Crippen LogP contribution >= 0.6 is 11.8 Å². The average Bonchev–Trinajstić information content (AvgIpc) is 2.63. The Labute approximate surface area is 152 Å². The number of piperidine rings is 1. The number of rotatable bonds is 7. The molecule has 7 heteroatoms. The van der Waals surface area contributed by atoms with Crippen LogP contribution in [0.25, 0.3) is 0 Å². The molecule has 0 saturated carbocycles. The zero-order chi connectivity index (χ0) is 18.1. The molecule has 1 aliphatic heterocycles. The predicted molar refractivity (Wildman–Crippen MR) is 96.9 cm³/mol. The third-order valence-corrected chi connectivity index (χ3v) is 5.15. The Hall–Kier alpha value is -1.76. The first kappa shape index (κ1) is 19.6. The van der Waals surface area contributed by atoms with Crippen LogP contribution in [0.2, 0.25) is 0 Å². The molecule has 2 amide bonds. The lowest BCUT2D eigenvalue weighted by atomic mass is 9.97. The van der Waals surface area contributed by atoms with Crippen LogP contribution in [-0.4, -0.2) is 48.9 Å². The van der Waals surface area contributed by atoms with Crippen molar-refractivity contribution in [3.63, 3.8) is 0 Å². The molecule has 1 saturated heterocycles. The van der Waals surface area contributed by atoms with E-state index in [0.717, 1.165) is 5.75 Å². The summed E-state index contributed by atoms with van der Waals surface area (Å²) in [7, 11) is 0. The second kappa shape index (κ2) is 10.3. The van der Waals surface area contributed by atoms with E-state index in [1.54, 1.807) is 35.7 Å². The predicted octanol–water partition coefficient (Wildman–Crippen LogP) is 3.04. The van der Waals surface area contributed by atoms with E-state index in [4.69, 9.17) is 4.74 Å². The molecule has 0 aromatic heterocycles. The van der Waals surface area contributed by atoms with E-state index in [0.29, 0.717) is 50.4 Å². The van der Waals surface area contributed by atoms with Gasteiger partial charge in [0.15, 0.2) is 0 Å². The van der Waals surface area contributed by atoms with Crippen molar-refractivity contribution in [2.75, 3.05) is 32.0 Å². The monoisotopic (exact) mass is 368 g/mol. The summed E-state index contributed by atoms with van der Waals surface area (Å²) in [5.41, 5.74) is 0.680. The van der Waals surface area contributed by atoms with Crippen LogP contribution in [0.5, 0.6) is 0 Å². The van der Waals surface area contributed by atoms with Crippen LogP contribution in [0.4, 0.5) is 9.18 Å². The van der Waals surface area contributed by atoms with Crippen molar-refractivity contribution < 1.29 is 18.7 Å². The molecule has 1 aromatic rings. The maximum absolute atomic E-state index is 13.5. The van der Waals surface area contributed by atoms with Gasteiger partial charge in [0.1, 0.15) is 5.82 Å². The van der Waals surface area contributed by atoms with E-state index < -0.39 is 0 Å². The van der Waals surface area contributed by atoms with Crippen LogP contribution in [-0.2, 0) is 15.3 Å². The number of carbonyl (C=O) groups excluding carboxylic acids is 2. The number of nitrogens with one attached hydrogen (secondary N) is 1. The highest BCUT2D eigenvalue weighted by molar-refractivity contribution is 7.98. The van der Waals surface area contributed by atoms with Crippen molar-refractivity contribution in [1.82, 2.24) is 10.2 Å². The second-order valence-corrected chi connectivity index (χ2v) is 6.99. The minimum Gasteiger partial charge on any atom is -0.466 e. The Bertz CT molecular complexity index is 577. The number of hydrogen-bond acceptors (Lipinski definition) is 4. The lowest BCUT2D eigenvalue weighted by molar-refractivity contribution is -0.149. The minimum absolute atomic E-state index is 0.0969. The summed E-state index contributed by atoms with van der Waals surface area (Å²) < 4.78 is 18.5. The molecule has 1 fully saturated rings. The van der Waals surface area contributed by atoms with Crippen LogP contribution < -0.4 is 5.32 Å². The first-order valence-corrected chi connectivity index (χ1v) is 9.77. The number of hydrogen-bond donors (Lipinski definition) is 1. The highest BCUT2D eigenvalue weighted by atomic mass is 32.2. The molecule has 0 unspecified atom stereocenters. The number of benzene rings is 1. The van der Waals surface area contributed by atoms with Gasteiger partial charge in [0.25, 0.3) is 0 Å². The molecule has 5 nitrogen and oxygen atoms in total. The highest BCUT2D eigenvalue weighted by Crippen LogP contribution is 2.19. The Kier molecular flexibility index (Phi) is 8.04. The molecule has 0 radical (unpaired) electrons. The van der Waals surface area contributed by atoms with Gasteiger partial charge in [-0.05, 0) is 31.4 Å². The van der Waals surface area contributed by atoms with Gasteiger partial charge in [-0.3, -0.25) is 4.79 Å². The van der Waals surface area contributed by atoms with Gasteiger partial charge in [-0.1, -0.05) is 18.2 Å². The van der Waals surface area contributed by atoms with Crippen LogP contribution in [0, 0.1) is 11.7 Å². The molecule has 1 N–H and O–H groups in total. The molecular weight excluding hydrogens is 343 g/mol. The van der Waals surface area contributed by atoms with Crippen molar-refractivity contribution in [2.24, 2.45) is 5.92 Å². The Morgan fingerprint density at radius 1 is 1.32 bits per heavy atom. The standard InChI is InChI=1S/C18H25FN2O3S/c1-2-24-17(22)14-7-10-21(11-8-14)18(23)20-9-12-25-13-15-5-3-4-6-16(15)19/h3-6,14H,2,7-13H2,1H3,(H,20,23). The highest BCUT2D eigenvalue weighted by Gasteiger charge is 2.27. The van der Waals surface area contributed by atoms with Gasteiger partial charge in [-0.2, -0.15) is 11.8 Å². The first-order chi connectivity index (χ1) is 12.1. The van der Waals surface area contributed by atoms with Gasteiger partial charge in [0.05, 0.1) is 12.5 Å². The Morgan fingerprint density at radius 3 is 2.72 bits per heavy atom. The Balaban J connectivity index is 1.60. The summed E-state index contributed by atoms with van der Waals surface area (Å²) in [4.78, 5) is 25.5.